The summed E-state index contributed by atoms with van der Waals surface area (Å²) in [4.78, 5) is 0. The molecule has 24 heavy (non-hydrogen) atoms. The number of thioether (sulfide) groups is 1. The SMILES string of the molecule is Brc1cc2c(cc1CSc1nnnn1CC1CCCO1)OCCO2. The van der Waals surface area contributed by atoms with Gasteiger partial charge in [-0.15, -0.1) is 5.10 Å². The molecule has 1 saturated heterocycles. The number of benzene rings is 1. The zero-order chi connectivity index (χ0) is 16.4. The summed E-state index contributed by atoms with van der Waals surface area (Å²) in [7, 11) is 0. The Hall–Kier alpha value is -1.32. The Morgan fingerprint density at radius 3 is 2.83 bits per heavy atom. The van der Waals surface area contributed by atoms with E-state index in [1.54, 1.807) is 11.8 Å². The molecule has 1 aromatic carbocycles. The zero-order valence-electron chi connectivity index (χ0n) is 13.0. The predicted octanol–water partition coefficient (Wildman–Crippen LogP) is 2.68. The summed E-state index contributed by atoms with van der Waals surface area (Å²) < 4.78 is 19.7. The molecule has 9 heteroatoms. The standard InChI is InChI=1S/C15H17BrN4O3S/c16-12-7-14-13(22-4-5-23-14)6-10(12)9-24-15-17-18-19-20(15)8-11-2-1-3-21-11/h6-7,11H,1-5,8-9H2. The lowest BCUT2D eigenvalue weighted by Crippen LogP contribution is -2.17. The fourth-order valence-electron chi connectivity index (χ4n) is 2.75. The lowest BCUT2D eigenvalue weighted by Gasteiger charge is -2.19. The summed E-state index contributed by atoms with van der Waals surface area (Å²) >= 11 is 5.20. The summed E-state index contributed by atoms with van der Waals surface area (Å²) in [5.41, 5.74) is 1.12. The van der Waals surface area contributed by atoms with E-state index in [2.05, 4.69) is 31.5 Å². The number of hydrogen-bond acceptors (Lipinski definition) is 7. The van der Waals surface area contributed by atoms with Gasteiger partial charge in [0, 0.05) is 16.8 Å². The molecule has 4 rings (SSSR count). The van der Waals surface area contributed by atoms with Gasteiger partial charge in [-0.2, -0.15) is 0 Å². The van der Waals surface area contributed by atoms with Crippen LogP contribution in [0.2, 0.25) is 0 Å². The highest BCUT2D eigenvalue weighted by Crippen LogP contribution is 2.37. The third-order valence-corrected chi connectivity index (χ3v) is 5.71. The van der Waals surface area contributed by atoms with Crippen molar-refractivity contribution < 1.29 is 14.2 Å². The molecule has 1 atom stereocenters. The molecule has 3 heterocycles. The van der Waals surface area contributed by atoms with Crippen LogP contribution in [-0.2, 0) is 17.0 Å². The number of nitrogens with zero attached hydrogens (tertiary/aromatic N) is 4. The molecule has 2 aromatic rings. The third kappa shape index (κ3) is 3.52. The van der Waals surface area contributed by atoms with E-state index >= 15 is 0 Å². The van der Waals surface area contributed by atoms with Crippen molar-refractivity contribution >= 4 is 27.7 Å². The molecule has 0 spiro atoms. The summed E-state index contributed by atoms with van der Waals surface area (Å²) in [6.07, 6.45) is 2.39. The van der Waals surface area contributed by atoms with Crippen LogP contribution >= 0.6 is 27.7 Å². The fraction of sp³-hybridized carbons (Fsp3) is 0.533. The molecule has 0 N–H and O–H groups in total. The maximum absolute atomic E-state index is 5.66. The molecule has 0 amide bonds. The number of rotatable bonds is 5. The molecule has 0 bridgehead atoms. The van der Waals surface area contributed by atoms with Crippen LogP contribution < -0.4 is 9.47 Å². The van der Waals surface area contributed by atoms with Crippen LogP contribution in [0.15, 0.2) is 21.8 Å². The highest BCUT2D eigenvalue weighted by atomic mass is 79.9. The van der Waals surface area contributed by atoms with Gasteiger partial charge in [-0.3, -0.25) is 0 Å². The van der Waals surface area contributed by atoms with Gasteiger partial charge in [0.2, 0.25) is 5.16 Å². The van der Waals surface area contributed by atoms with Gasteiger partial charge in [-0.25, -0.2) is 4.68 Å². The summed E-state index contributed by atoms with van der Waals surface area (Å²) in [6.45, 7) is 2.71. The summed E-state index contributed by atoms with van der Waals surface area (Å²) in [5, 5.41) is 12.8. The lowest BCUT2D eigenvalue weighted by molar-refractivity contribution is 0.0912. The molecule has 2 aliphatic rings. The zero-order valence-corrected chi connectivity index (χ0v) is 15.4. The number of ether oxygens (including phenoxy) is 3. The topological polar surface area (TPSA) is 71.3 Å². The normalized spacial score (nSPS) is 19.6. The van der Waals surface area contributed by atoms with Crippen LogP contribution in [0, 0.1) is 0 Å². The fourth-order valence-corrected chi connectivity index (χ4v) is 4.28. The van der Waals surface area contributed by atoms with Crippen molar-refractivity contribution in [2.75, 3.05) is 19.8 Å². The Kier molecular flexibility index (Phi) is 4.91. The van der Waals surface area contributed by atoms with E-state index in [0.717, 1.165) is 51.9 Å². The van der Waals surface area contributed by atoms with Gasteiger partial charge < -0.3 is 14.2 Å². The first-order valence-corrected chi connectivity index (χ1v) is 9.66. The van der Waals surface area contributed by atoms with Crippen LogP contribution in [0.25, 0.3) is 0 Å². The van der Waals surface area contributed by atoms with Crippen LogP contribution in [0.5, 0.6) is 11.5 Å². The van der Waals surface area contributed by atoms with Gasteiger partial charge in [0.25, 0.3) is 0 Å². The smallest absolute Gasteiger partial charge is 0.209 e. The van der Waals surface area contributed by atoms with E-state index in [0.29, 0.717) is 19.8 Å². The van der Waals surface area contributed by atoms with E-state index in [1.807, 2.05) is 16.8 Å². The van der Waals surface area contributed by atoms with E-state index in [4.69, 9.17) is 14.2 Å². The minimum atomic E-state index is 0.217. The van der Waals surface area contributed by atoms with Crippen molar-refractivity contribution in [2.24, 2.45) is 0 Å². The van der Waals surface area contributed by atoms with Crippen LogP contribution in [0.3, 0.4) is 0 Å². The van der Waals surface area contributed by atoms with Crippen molar-refractivity contribution in [1.29, 1.82) is 0 Å². The number of tetrazole rings is 1. The van der Waals surface area contributed by atoms with Crippen LogP contribution in [-0.4, -0.2) is 46.1 Å². The first kappa shape index (κ1) is 16.2. The quantitative estimate of drug-likeness (QED) is 0.698. The molecular weight excluding hydrogens is 396 g/mol. The Bertz CT molecular complexity index is 721. The minimum Gasteiger partial charge on any atom is -0.486 e. The predicted molar refractivity (Wildman–Crippen MR) is 91.5 cm³/mol. The molecule has 7 nitrogen and oxygen atoms in total. The van der Waals surface area contributed by atoms with Gasteiger partial charge in [0.1, 0.15) is 13.2 Å². The van der Waals surface area contributed by atoms with Gasteiger partial charge >= 0.3 is 0 Å². The van der Waals surface area contributed by atoms with Gasteiger partial charge in [-0.1, -0.05) is 27.7 Å². The summed E-state index contributed by atoms with van der Waals surface area (Å²) in [5.74, 6) is 2.31. The Morgan fingerprint density at radius 1 is 1.21 bits per heavy atom. The van der Waals surface area contributed by atoms with Crippen molar-refractivity contribution in [1.82, 2.24) is 20.2 Å². The maximum atomic E-state index is 5.66. The number of hydrogen-bond donors (Lipinski definition) is 0. The second-order valence-electron chi connectivity index (χ2n) is 5.65. The molecule has 1 aromatic heterocycles. The lowest BCUT2D eigenvalue weighted by atomic mass is 10.2. The highest BCUT2D eigenvalue weighted by molar-refractivity contribution is 9.10. The summed E-state index contributed by atoms with van der Waals surface area (Å²) in [6, 6.07) is 3.97. The molecule has 128 valence electrons. The Morgan fingerprint density at radius 2 is 2.04 bits per heavy atom. The second kappa shape index (κ2) is 7.28. The molecule has 0 radical (unpaired) electrons. The first-order valence-electron chi connectivity index (χ1n) is 7.88. The van der Waals surface area contributed by atoms with Gasteiger partial charge in [0.05, 0.1) is 12.6 Å². The van der Waals surface area contributed by atoms with E-state index in [1.165, 1.54) is 0 Å². The van der Waals surface area contributed by atoms with Crippen LogP contribution in [0.4, 0.5) is 0 Å². The largest absolute Gasteiger partial charge is 0.486 e. The number of halogens is 1. The van der Waals surface area contributed by atoms with Gasteiger partial charge in [-0.05, 0) is 41.0 Å². The molecular formula is C15H17BrN4O3S. The molecule has 2 aliphatic heterocycles. The number of aromatic nitrogens is 4. The van der Waals surface area contributed by atoms with Crippen LogP contribution in [0.1, 0.15) is 18.4 Å². The molecule has 1 fully saturated rings. The van der Waals surface area contributed by atoms with Crippen molar-refractivity contribution in [3.8, 4) is 11.5 Å². The van der Waals surface area contributed by atoms with E-state index in [9.17, 15) is 0 Å². The molecule has 0 saturated carbocycles. The van der Waals surface area contributed by atoms with E-state index < -0.39 is 0 Å². The van der Waals surface area contributed by atoms with E-state index in [-0.39, 0.29) is 6.10 Å². The Balaban J connectivity index is 1.44. The second-order valence-corrected chi connectivity index (χ2v) is 7.45. The minimum absolute atomic E-state index is 0.217. The Labute approximate surface area is 152 Å². The van der Waals surface area contributed by atoms with Crippen molar-refractivity contribution in [3.05, 3.63) is 22.2 Å². The molecule has 0 aliphatic carbocycles. The third-order valence-electron chi connectivity index (χ3n) is 3.97. The number of fused-ring (bicyclic) bond motifs is 1. The maximum Gasteiger partial charge on any atom is 0.209 e. The average Bonchev–Trinajstić information content (AvgIpc) is 3.25. The van der Waals surface area contributed by atoms with Gasteiger partial charge in [0.15, 0.2) is 11.5 Å². The monoisotopic (exact) mass is 412 g/mol. The van der Waals surface area contributed by atoms with Crippen molar-refractivity contribution in [2.45, 2.75) is 36.4 Å². The molecule has 1 unspecified atom stereocenters. The van der Waals surface area contributed by atoms with Crippen molar-refractivity contribution in [3.63, 3.8) is 0 Å². The highest BCUT2D eigenvalue weighted by Gasteiger charge is 2.20. The average molecular weight is 413 g/mol. The first-order chi connectivity index (χ1) is 11.8.